The lowest BCUT2D eigenvalue weighted by molar-refractivity contribution is -0.384. The molecule has 0 fully saturated rings. The molecular formula is C15H9N3O5. The average Bonchev–Trinajstić information content (AvgIpc) is 3.10. The predicted molar refractivity (Wildman–Crippen MR) is 77.8 cm³/mol. The van der Waals surface area contributed by atoms with Gasteiger partial charge >= 0.3 is 5.97 Å². The van der Waals surface area contributed by atoms with E-state index in [1.807, 2.05) is 0 Å². The van der Waals surface area contributed by atoms with Crippen molar-refractivity contribution in [3.8, 4) is 17.2 Å². The fraction of sp³-hybridized carbons (Fsp3) is 0. The molecule has 0 aliphatic rings. The number of hydrogen-bond acceptors (Lipinski definition) is 7. The normalized spacial score (nSPS) is 10.3. The van der Waals surface area contributed by atoms with Crippen LogP contribution in [0, 0.1) is 10.1 Å². The Bertz CT molecular complexity index is 827. The number of nitrogens with zero attached hydrogens (tertiary/aromatic N) is 3. The summed E-state index contributed by atoms with van der Waals surface area (Å²) in [6, 6.07) is 11.7. The van der Waals surface area contributed by atoms with Gasteiger partial charge in [0, 0.05) is 17.7 Å². The molecule has 0 aliphatic carbocycles. The molecular weight excluding hydrogens is 302 g/mol. The summed E-state index contributed by atoms with van der Waals surface area (Å²) in [4.78, 5) is 22.0. The van der Waals surface area contributed by atoms with Crippen molar-refractivity contribution in [2.24, 2.45) is 0 Å². The SMILES string of the molecule is O=C(Oc1ccc(-c2nnco2)cc1)c1ccc([N+](=O)[O-])cc1. The quantitative estimate of drug-likeness (QED) is 0.315. The first-order valence-electron chi connectivity index (χ1n) is 6.47. The van der Waals surface area contributed by atoms with E-state index in [9.17, 15) is 14.9 Å². The molecule has 1 aromatic heterocycles. The van der Waals surface area contributed by atoms with Crippen LogP contribution < -0.4 is 4.74 Å². The van der Waals surface area contributed by atoms with Gasteiger partial charge in [0.1, 0.15) is 5.75 Å². The molecule has 8 nitrogen and oxygen atoms in total. The van der Waals surface area contributed by atoms with Gasteiger partial charge in [-0.05, 0) is 36.4 Å². The van der Waals surface area contributed by atoms with Gasteiger partial charge in [0.25, 0.3) is 5.69 Å². The van der Waals surface area contributed by atoms with Crippen LogP contribution in [0.15, 0.2) is 59.3 Å². The van der Waals surface area contributed by atoms with E-state index in [1.54, 1.807) is 24.3 Å². The maximum atomic E-state index is 12.0. The molecule has 1 heterocycles. The molecule has 0 N–H and O–H groups in total. The van der Waals surface area contributed by atoms with Crippen LogP contribution in [0.3, 0.4) is 0 Å². The third-order valence-electron chi connectivity index (χ3n) is 2.99. The maximum absolute atomic E-state index is 12.0. The predicted octanol–water partition coefficient (Wildman–Crippen LogP) is 2.86. The van der Waals surface area contributed by atoms with Crippen LogP contribution in [-0.2, 0) is 0 Å². The summed E-state index contributed by atoms with van der Waals surface area (Å²) in [7, 11) is 0. The highest BCUT2D eigenvalue weighted by Crippen LogP contribution is 2.21. The van der Waals surface area contributed by atoms with Crippen LogP contribution >= 0.6 is 0 Å². The van der Waals surface area contributed by atoms with E-state index in [2.05, 4.69) is 10.2 Å². The second-order valence-corrected chi connectivity index (χ2v) is 4.46. The van der Waals surface area contributed by atoms with Gasteiger partial charge in [-0.1, -0.05) is 0 Å². The summed E-state index contributed by atoms with van der Waals surface area (Å²) in [6.07, 6.45) is 1.22. The largest absolute Gasteiger partial charge is 0.423 e. The summed E-state index contributed by atoms with van der Waals surface area (Å²) >= 11 is 0. The molecule has 0 atom stereocenters. The average molecular weight is 311 g/mol. The van der Waals surface area contributed by atoms with E-state index in [-0.39, 0.29) is 11.3 Å². The lowest BCUT2D eigenvalue weighted by Gasteiger charge is -2.04. The van der Waals surface area contributed by atoms with Crippen molar-refractivity contribution < 1.29 is 18.9 Å². The van der Waals surface area contributed by atoms with E-state index >= 15 is 0 Å². The zero-order valence-corrected chi connectivity index (χ0v) is 11.6. The van der Waals surface area contributed by atoms with Crippen LogP contribution in [0.4, 0.5) is 5.69 Å². The van der Waals surface area contributed by atoms with Crippen LogP contribution in [0.2, 0.25) is 0 Å². The number of ether oxygens (including phenoxy) is 1. The molecule has 114 valence electrons. The lowest BCUT2D eigenvalue weighted by Crippen LogP contribution is -2.08. The molecule has 23 heavy (non-hydrogen) atoms. The van der Waals surface area contributed by atoms with Crippen LogP contribution in [0.5, 0.6) is 5.75 Å². The Morgan fingerprint density at radius 1 is 1.09 bits per heavy atom. The van der Waals surface area contributed by atoms with E-state index in [1.165, 1.54) is 30.7 Å². The first kappa shape index (κ1) is 14.4. The smallest absolute Gasteiger partial charge is 0.343 e. The van der Waals surface area contributed by atoms with E-state index in [0.717, 1.165) is 0 Å². The number of benzene rings is 2. The van der Waals surface area contributed by atoms with Gasteiger partial charge in [0.2, 0.25) is 12.3 Å². The summed E-state index contributed by atoms with van der Waals surface area (Å²) in [5, 5.41) is 17.9. The van der Waals surface area contributed by atoms with Crippen molar-refractivity contribution >= 4 is 11.7 Å². The number of esters is 1. The molecule has 0 aliphatic heterocycles. The van der Waals surface area contributed by atoms with E-state index in [4.69, 9.17) is 9.15 Å². The highest BCUT2D eigenvalue weighted by molar-refractivity contribution is 5.91. The van der Waals surface area contributed by atoms with Crippen LogP contribution in [0.25, 0.3) is 11.5 Å². The van der Waals surface area contributed by atoms with Crippen LogP contribution in [-0.4, -0.2) is 21.1 Å². The van der Waals surface area contributed by atoms with Crippen molar-refractivity contribution in [3.63, 3.8) is 0 Å². The Kier molecular flexibility index (Phi) is 3.79. The number of non-ortho nitro benzene ring substituents is 1. The fourth-order valence-electron chi connectivity index (χ4n) is 1.85. The number of carbonyl (C=O) groups is 1. The van der Waals surface area contributed by atoms with Gasteiger partial charge in [-0.3, -0.25) is 10.1 Å². The van der Waals surface area contributed by atoms with Gasteiger partial charge in [-0.15, -0.1) is 10.2 Å². The Hall–Kier alpha value is -3.55. The summed E-state index contributed by atoms with van der Waals surface area (Å²) in [6.45, 7) is 0. The zero-order valence-electron chi connectivity index (χ0n) is 11.6. The zero-order chi connectivity index (χ0) is 16.2. The lowest BCUT2D eigenvalue weighted by atomic mass is 10.2. The molecule has 0 saturated carbocycles. The monoisotopic (exact) mass is 311 g/mol. The molecule has 0 saturated heterocycles. The fourth-order valence-corrected chi connectivity index (χ4v) is 1.85. The van der Waals surface area contributed by atoms with Gasteiger partial charge in [0.15, 0.2) is 0 Å². The Morgan fingerprint density at radius 3 is 2.35 bits per heavy atom. The highest BCUT2D eigenvalue weighted by atomic mass is 16.6. The first-order valence-corrected chi connectivity index (χ1v) is 6.47. The molecule has 0 unspecified atom stereocenters. The summed E-state index contributed by atoms with van der Waals surface area (Å²) in [5.41, 5.74) is 0.819. The summed E-state index contributed by atoms with van der Waals surface area (Å²) in [5.74, 6) is 0.0836. The Balaban J connectivity index is 1.71. The van der Waals surface area contributed by atoms with Crippen molar-refractivity contribution in [1.29, 1.82) is 0 Å². The van der Waals surface area contributed by atoms with Crippen molar-refractivity contribution in [2.75, 3.05) is 0 Å². The number of carbonyl (C=O) groups excluding carboxylic acids is 1. The number of aromatic nitrogens is 2. The number of rotatable bonds is 4. The van der Waals surface area contributed by atoms with Gasteiger partial charge in [-0.2, -0.15) is 0 Å². The topological polar surface area (TPSA) is 108 Å². The second kappa shape index (κ2) is 6.06. The third kappa shape index (κ3) is 3.21. The number of hydrogen-bond donors (Lipinski definition) is 0. The molecule has 8 heteroatoms. The molecule has 0 radical (unpaired) electrons. The number of nitro benzene ring substituents is 1. The first-order chi connectivity index (χ1) is 11.1. The van der Waals surface area contributed by atoms with E-state index < -0.39 is 10.9 Å². The molecule has 3 rings (SSSR count). The van der Waals surface area contributed by atoms with Gasteiger partial charge < -0.3 is 9.15 Å². The van der Waals surface area contributed by atoms with Crippen molar-refractivity contribution in [2.45, 2.75) is 0 Å². The van der Waals surface area contributed by atoms with Gasteiger partial charge in [0.05, 0.1) is 10.5 Å². The molecule has 0 amide bonds. The van der Waals surface area contributed by atoms with Crippen molar-refractivity contribution in [3.05, 3.63) is 70.6 Å². The number of nitro groups is 1. The second-order valence-electron chi connectivity index (χ2n) is 4.46. The minimum Gasteiger partial charge on any atom is -0.423 e. The van der Waals surface area contributed by atoms with E-state index in [0.29, 0.717) is 17.2 Å². The minimum atomic E-state index is -0.606. The molecule has 0 spiro atoms. The Labute approximate surface area is 129 Å². The molecule has 3 aromatic rings. The van der Waals surface area contributed by atoms with Crippen molar-refractivity contribution in [1.82, 2.24) is 10.2 Å². The minimum absolute atomic E-state index is 0.0922. The summed E-state index contributed by atoms with van der Waals surface area (Å²) < 4.78 is 10.3. The third-order valence-corrected chi connectivity index (χ3v) is 2.99. The van der Waals surface area contributed by atoms with Gasteiger partial charge in [-0.25, -0.2) is 4.79 Å². The Morgan fingerprint density at radius 2 is 1.78 bits per heavy atom. The van der Waals surface area contributed by atoms with Crippen LogP contribution in [0.1, 0.15) is 10.4 Å². The molecule has 0 bridgehead atoms. The maximum Gasteiger partial charge on any atom is 0.343 e. The highest BCUT2D eigenvalue weighted by Gasteiger charge is 2.12. The molecule has 2 aromatic carbocycles. The standard InChI is InChI=1S/C15H9N3O5/c19-15(11-1-5-12(6-2-11)18(20)21)23-13-7-3-10(4-8-13)14-17-16-9-22-14/h1-9H.